The maximum Gasteiger partial charge on any atom is 0.227 e. The van der Waals surface area contributed by atoms with E-state index in [4.69, 9.17) is 0 Å². The van der Waals surface area contributed by atoms with Crippen LogP contribution in [0, 0.1) is 11.3 Å². The van der Waals surface area contributed by atoms with Gasteiger partial charge in [-0.05, 0) is 25.2 Å². The van der Waals surface area contributed by atoms with E-state index < -0.39 is 0 Å². The van der Waals surface area contributed by atoms with Crippen LogP contribution in [0.5, 0.6) is 0 Å². The highest BCUT2D eigenvalue weighted by atomic mass is 16.2. The van der Waals surface area contributed by atoms with Gasteiger partial charge in [-0.3, -0.25) is 19.4 Å². The van der Waals surface area contributed by atoms with Crippen molar-refractivity contribution in [3.63, 3.8) is 0 Å². The maximum absolute atomic E-state index is 12.5. The van der Waals surface area contributed by atoms with Crippen molar-refractivity contribution in [3.8, 4) is 11.3 Å². The number of likely N-dealkylation sites (tertiary alicyclic amines) is 1. The number of hydrogen-bond acceptors (Lipinski definition) is 4. The van der Waals surface area contributed by atoms with Crippen molar-refractivity contribution in [2.45, 2.75) is 53.5 Å². The molecule has 0 N–H and O–H groups in total. The molecule has 6 heteroatoms. The first-order chi connectivity index (χ1) is 12.4. The first-order valence-corrected chi connectivity index (χ1v) is 9.50. The molecule has 26 heavy (non-hydrogen) atoms. The second-order valence-corrected chi connectivity index (χ2v) is 8.20. The highest BCUT2D eigenvalue weighted by Crippen LogP contribution is 2.28. The summed E-state index contributed by atoms with van der Waals surface area (Å²) in [7, 11) is 0. The van der Waals surface area contributed by atoms with E-state index in [1.165, 1.54) is 0 Å². The highest BCUT2D eigenvalue weighted by molar-refractivity contribution is 5.81. The minimum Gasteiger partial charge on any atom is -0.342 e. The minimum absolute atomic E-state index is 0.236. The topological polar surface area (TPSA) is 63.9 Å². The average molecular weight is 355 g/mol. The largest absolute Gasteiger partial charge is 0.342 e. The van der Waals surface area contributed by atoms with Gasteiger partial charge in [0.15, 0.2) is 0 Å². The predicted octanol–water partition coefficient (Wildman–Crippen LogP) is 3.19. The van der Waals surface area contributed by atoms with Gasteiger partial charge < -0.3 is 4.90 Å². The molecule has 0 bridgehead atoms. The standard InChI is InChI=1S/C20H29N5O/c1-5-9-25-14-16(12-23-25)18-17(21-7-8-22-18)11-15-6-10-24(13-15)19(26)20(2,3)4/h7-8,12,14-15H,5-6,9-11,13H2,1-4H3/t15-/m0/s1. The zero-order chi connectivity index (χ0) is 18.7. The Morgan fingerprint density at radius 2 is 2.04 bits per heavy atom. The van der Waals surface area contributed by atoms with Crippen molar-refractivity contribution in [3.05, 3.63) is 30.5 Å². The van der Waals surface area contributed by atoms with Gasteiger partial charge in [-0.2, -0.15) is 5.10 Å². The first-order valence-electron chi connectivity index (χ1n) is 9.50. The molecular weight excluding hydrogens is 326 g/mol. The van der Waals surface area contributed by atoms with Crippen LogP contribution in [0.2, 0.25) is 0 Å². The summed E-state index contributed by atoms with van der Waals surface area (Å²) in [6, 6.07) is 0. The summed E-state index contributed by atoms with van der Waals surface area (Å²) in [6.07, 6.45) is 10.3. The van der Waals surface area contributed by atoms with Crippen LogP contribution in [0.3, 0.4) is 0 Å². The molecule has 1 aliphatic rings. The van der Waals surface area contributed by atoms with Gasteiger partial charge in [-0.15, -0.1) is 0 Å². The summed E-state index contributed by atoms with van der Waals surface area (Å²) in [6.45, 7) is 10.6. The van der Waals surface area contributed by atoms with E-state index in [9.17, 15) is 4.79 Å². The molecule has 0 aliphatic carbocycles. The first kappa shape index (κ1) is 18.5. The van der Waals surface area contributed by atoms with E-state index in [0.29, 0.717) is 5.92 Å². The zero-order valence-electron chi connectivity index (χ0n) is 16.3. The number of hydrogen-bond donors (Lipinski definition) is 0. The molecule has 2 aromatic rings. The van der Waals surface area contributed by atoms with Gasteiger partial charge in [0, 0.05) is 49.2 Å². The van der Waals surface area contributed by atoms with Crippen molar-refractivity contribution in [2.75, 3.05) is 13.1 Å². The summed E-state index contributed by atoms with van der Waals surface area (Å²) in [4.78, 5) is 23.7. The van der Waals surface area contributed by atoms with Crippen LogP contribution in [0.4, 0.5) is 0 Å². The Morgan fingerprint density at radius 3 is 2.77 bits per heavy atom. The fraction of sp³-hybridized carbons (Fsp3) is 0.600. The number of carbonyl (C=O) groups excluding carboxylic acids is 1. The molecule has 140 valence electrons. The third-order valence-corrected chi connectivity index (χ3v) is 4.83. The molecule has 1 fully saturated rings. The molecule has 0 aromatic carbocycles. The van der Waals surface area contributed by atoms with Crippen molar-refractivity contribution in [2.24, 2.45) is 11.3 Å². The van der Waals surface area contributed by atoms with Gasteiger partial charge in [0.25, 0.3) is 0 Å². The zero-order valence-corrected chi connectivity index (χ0v) is 16.3. The van der Waals surface area contributed by atoms with Crippen molar-refractivity contribution >= 4 is 5.91 Å². The van der Waals surface area contributed by atoms with Crippen LogP contribution in [-0.4, -0.2) is 43.6 Å². The monoisotopic (exact) mass is 355 g/mol. The smallest absolute Gasteiger partial charge is 0.227 e. The highest BCUT2D eigenvalue weighted by Gasteiger charge is 2.33. The molecule has 1 saturated heterocycles. The molecule has 1 atom stereocenters. The lowest BCUT2D eigenvalue weighted by Gasteiger charge is -2.25. The molecule has 0 unspecified atom stereocenters. The van der Waals surface area contributed by atoms with E-state index in [1.807, 2.05) is 42.7 Å². The molecule has 1 aliphatic heterocycles. The van der Waals surface area contributed by atoms with E-state index in [2.05, 4.69) is 22.0 Å². The molecule has 3 rings (SSSR count). The lowest BCUT2D eigenvalue weighted by Crippen LogP contribution is -2.38. The number of aromatic nitrogens is 4. The molecule has 3 heterocycles. The lowest BCUT2D eigenvalue weighted by atomic mass is 9.95. The molecule has 6 nitrogen and oxygen atoms in total. The van der Waals surface area contributed by atoms with Crippen LogP contribution in [0.25, 0.3) is 11.3 Å². The molecule has 0 spiro atoms. The van der Waals surface area contributed by atoms with Crippen molar-refractivity contribution < 1.29 is 4.79 Å². The van der Waals surface area contributed by atoms with E-state index >= 15 is 0 Å². The number of carbonyl (C=O) groups is 1. The van der Waals surface area contributed by atoms with Gasteiger partial charge in [-0.25, -0.2) is 0 Å². The van der Waals surface area contributed by atoms with Crippen LogP contribution in [0.15, 0.2) is 24.8 Å². The summed E-state index contributed by atoms with van der Waals surface area (Å²) in [5, 5.41) is 4.41. The second kappa shape index (κ2) is 7.56. The fourth-order valence-corrected chi connectivity index (χ4v) is 3.53. The van der Waals surface area contributed by atoms with Gasteiger partial charge in [0.2, 0.25) is 5.91 Å². The minimum atomic E-state index is -0.319. The Balaban J connectivity index is 1.72. The molecule has 1 amide bonds. The molecule has 0 saturated carbocycles. The summed E-state index contributed by atoms with van der Waals surface area (Å²) < 4.78 is 1.95. The van der Waals surface area contributed by atoms with E-state index in [-0.39, 0.29) is 11.3 Å². The Bertz CT molecular complexity index is 762. The van der Waals surface area contributed by atoms with Crippen LogP contribution in [0.1, 0.15) is 46.2 Å². The summed E-state index contributed by atoms with van der Waals surface area (Å²) in [5.41, 5.74) is 2.61. The Kier molecular flexibility index (Phi) is 5.39. The van der Waals surface area contributed by atoms with Gasteiger partial charge >= 0.3 is 0 Å². The number of nitrogens with zero attached hydrogens (tertiary/aromatic N) is 5. The Morgan fingerprint density at radius 1 is 1.27 bits per heavy atom. The van der Waals surface area contributed by atoms with Gasteiger partial charge in [0.05, 0.1) is 17.6 Å². The van der Waals surface area contributed by atoms with Crippen molar-refractivity contribution in [1.29, 1.82) is 0 Å². The van der Waals surface area contributed by atoms with Gasteiger partial charge in [0.1, 0.15) is 0 Å². The van der Waals surface area contributed by atoms with Crippen LogP contribution >= 0.6 is 0 Å². The Labute approximate surface area is 155 Å². The van der Waals surface area contributed by atoms with Gasteiger partial charge in [-0.1, -0.05) is 27.7 Å². The Hall–Kier alpha value is -2.24. The fourth-order valence-electron chi connectivity index (χ4n) is 3.53. The predicted molar refractivity (Wildman–Crippen MR) is 101 cm³/mol. The molecular formula is C20H29N5O. The SMILES string of the molecule is CCCn1cc(-c2nccnc2C[C@@H]2CCN(C(=O)C(C)(C)C)C2)cn1. The van der Waals surface area contributed by atoms with Crippen LogP contribution < -0.4 is 0 Å². The molecule has 2 aromatic heterocycles. The average Bonchev–Trinajstić information content (AvgIpc) is 3.24. The number of amides is 1. The summed E-state index contributed by atoms with van der Waals surface area (Å²) in [5.74, 6) is 0.669. The number of rotatable bonds is 5. The quantitative estimate of drug-likeness (QED) is 0.826. The maximum atomic E-state index is 12.5. The van der Waals surface area contributed by atoms with Crippen LogP contribution in [-0.2, 0) is 17.8 Å². The summed E-state index contributed by atoms with van der Waals surface area (Å²) >= 11 is 0. The third kappa shape index (κ3) is 4.11. The lowest BCUT2D eigenvalue weighted by molar-refractivity contribution is -0.138. The third-order valence-electron chi connectivity index (χ3n) is 4.83. The van der Waals surface area contributed by atoms with E-state index in [1.54, 1.807) is 12.4 Å². The second-order valence-electron chi connectivity index (χ2n) is 8.20. The molecule has 0 radical (unpaired) electrons. The van der Waals surface area contributed by atoms with E-state index in [0.717, 1.165) is 55.8 Å². The normalized spacial score (nSPS) is 17.7. The number of aryl methyl sites for hydroxylation is 1. The van der Waals surface area contributed by atoms with Crippen molar-refractivity contribution in [1.82, 2.24) is 24.6 Å².